The number of hydrogen-bond donors (Lipinski definition) is 0. The summed E-state index contributed by atoms with van der Waals surface area (Å²) in [5.41, 5.74) is 4.17. The maximum Gasteiger partial charge on any atom is 0.119 e. The average molecular weight is 286 g/mol. The number of ether oxygens (including phenoxy) is 1. The Morgan fingerprint density at radius 3 is 2.33 bits per heavy atom. The lowest BCUT2D eigenvalue weighted by atomic mass is 9.99. The van der Waals surface area contributed by atoms with Crippen LogP contribution in [-0.4, -0.2) is 6.61 Å². The molecule has 1 aromatic rings. The monoisotopic (exact) mass is 286 g/mol. The third-order valence-electron chi connectivity index (χ3n) is 3.83. The van der Waals surface area contributed by atoms with Crippen LogP contribution in [0.3, 0.4) is 0 Å². The van der Waals surface area contributed by atoms with E-state index in [-0.39, 0.29) is 0 Å². The second kappa shape index (κ2) is 9.44. The molecule has 0 aliphatic heterocycles. The highest BCUT2D eigenvalue weighted by Gasteiger charge is 2.02. The van der Waals surface area contributed by atoms with Gasteiger partial charge in [0.15, 0.2) is 0 Å². The summed E-state index contributed by atoms with van der Waals surface area (Å²) in [4.78, 5) is 0. The van der Waals surface area contributed by atoms with E-state index in [9.17, 15) is 0 Å². The molecule has 0 aliphatic rings. The fraction of sp³-hybridized carbons (Fsp3) is 0.500. The van der Waals surface area contributed by atoms with Crippen molar-refractivity contribution in [1.82, 2.24) is 0 Å². The van der Waals surface area contributed by atoms with Crippen molar-refractivity contribution >= 4 is 0 Å². The molecule has 0 spiro atoms. The third-order valence-corrected chi connectivity index (χ3v) is 3.83. The predicted octanol–water partition coefficient (Wildman–Crippen LogP) is 6.27. The second-order valence-electron chi connectivity index (χ2n) is 6.06. The maximum atomic E-state index is 5.78. The first-order valence-corrected chi connectivity index (χ1v) is 8.04. The average Bonchev–Trinajstić information content (AvgIpc) is 2.46. The van der Waals surface area contributed by atoms with Gasteiger partial charge >= 0.3 is 0 Å². The van der Waals surface area contributed by atoms with Crippen molar-refractivity contribution in [2.24, 2.45) is 0 Å². The van der Waals surface area contributed by atoms with Crippen molar-refractivity contribution in [3.63, 3.8) is 0 Å². The van der Waals surface area contributed by atoms with E-state index in [2.05, 4.69) is 71.0 Å². The lowest BCUT2D eigenvalue weighted by Crippen LogP contribution is -1.96. The smallest absolute Gasteiger partial charge is 0.119 e. The molecule has 0 aliphatic carbocycles. The van der Waals surface area contributed by atoms with E-state index in [4.69, 9.17) is 4.74 Å². The zero-order chi connectivity index (χ0) is 15.7. The Labute approximate surface area is 130 Å². The fourth-order valence-electron chi connectivity index (χ4n) is 2.10. The van der Waals surface area contributed by atoms with Crippen LogP contribution in [0.25, 0.3) is 0 Å². The molecule has 0 saturated carbocycles. The van der Waals surface area contributed by atoms with E-state index in [0.29, 0.717) is 12.5 Å². The number of rotatable bonds is 8. The Morgan fingerprint density at radius 1 is 1.10 bits per heavy atom. The zero-order valence-corrected chi connectivity index (χ0v) is 14.3. The van der Waals surface area contributed by atoms with E-state index in [0.717, 1.165) is 18.6 Å². The first-order valence-electron chi connectivity index (χ1n) is 8.04. The van der Waals surface area contributed by atoms with Gasteiger partial charge in [-0.25, -0.2) is 0 Å². The molecule has 0 N–H and O–H groups in total. The minimum atomic E-state index is 0.622. The van der Waals surface area contributed by atoms with Gasteiger partial charge in [0.2, 0.25) is 0 Å². The number of benzene rings is 1. The topological polar surface area (TPSA) is 9.23 Å². The SMILES string of the molecule is CCC(C)c1ccc(OC/C=C(\C)CCC=C(C)C)cc1. The molecule has 0 heterocycles. The molecule has 1 nitrogen and oxygen atoms in total. The summed E-state index contributed by atoms with van der Waals surface area (Å²) in [6.07, 6.45) is 7.87. The molecule has 0 bridgehead atoms. The minimum absolute atomic E-state index is 0.622. The van der Waals surface area contributed by atoms with Gasteiger partial charge in [0, 0.05) is 0 Å². The summed E-state index contributed by atoms with van der Waals surface area (Å²) >= 11 is 0. The van der Waals surface area contributed by atoms with Crippen LogP contribution in [0.15, 0.2) is 47.6 Å². The number of allylic oxidation sites excluding steroid dienone is 3. The lowest BCUT2D eigenvalue weighted by Gasteiger charge is -2.10. The predicted molar refractivity (Wildman–Crippen MR) is 93.1 cm³/mol. The van der Waals surface area contributed by atoms with Gasteiger partial charge in [-0.05, 0) is 69.7 Å². The highest BCUT2D eigenvalue weighted by atomic mass is 16.5. The van der Waals surface area contributed by atoms with E-state index in [1.165, 1.54) is 23.1 Å². The summed E-state index contributed by atoms with van der Waals surface area (Å²) in [5.74, 6) is 1.58. The fourth-order valence-corrected chi connectivity index (χ4v) is 2.10. The summed E-state index contributed by atoms with van der Waals surface area (Å²) in [7, 11) is 0. The third kappa shape index (κ3) is 7.17. The van der Waals surface area contributed by atoms with Crippen LogP contribution >= 0.6 is 0 Å². The molecule has 1 aromatic carbocycles. The Bertz CT molecular complexity index is 461. The first-order chi connectivity index (χ1) is 10.0. The molecular weight excluding hydrogens is 256 g/mol. The highest BCUT2D eigenvalue weighted by Crippen LogP contribution is 2.21. The van der Waals surface area contributed by atoms with Crippen molar-refractivity contribution in [3.8, 4) is 5.75 Å². The Morgan fingerprint density at radius 2 is 1.76 bits per heavy atom. The molecule has 1 atom stereocenters. The molecule has 116 valence electrons. The van der Waals surface area contributed by atoms with Crippen molar-refractivity contribution in [2.75, 3.05) is 6.61 Å². The van der Waals surface area contributed by atoms with Crippen LogP contribution < -0.4 is 4.74 Å². The minimum Gasteiger partial charge on any atom is -0.490 e. The standard InChI is InChI=1S/C20H30O/c1-6-18(5)19-10-12-20(13-11-19)21-15-14-17(4)9-7-8-16(2)3/h8,10-14,18H,6-7,9,15H2,1-5H3/b17-14+. The molecule has 1 unspecified atom stereocenters. The van der Waals surface area contributed by atoms with Gasteiger partial charge in [-0.3, -0.25) is 0 Å². The number of hydrogen-bond acceptors (Lipinski definition) is 1. The zero-order valence-electron chi connectivity index (χ0n) is 14.3. The quantitative estimate of drug-likeness (QED) is 0.512. The van der Waals surface area contributed by atoms with Crippen LogP contribution in [0, 0.1) is 0 Å². The van der Waals surface area contributed by atoms with Crippen LogP contribution in [0.1, 0.15) is 65.4 Å². The highest BCUT2D eigenvalue weighted by molar-refractivity contribution is 5.29. The van der Waals surface area contributed by atoms with Gasteiger partial charge in [0.05, 0.1) is 0 Å². The van der Waals surface area contributed by atoms with Crippen LogP contribution in [0.2, 0.25) is 0 Å². The Kier molecular flexibility index (Phi) is 7.89. The molecular formula is C20H30O. The van der Waals surface area contributed by atoms with Crippen molar-refractivity contribution in [1.29, 1.82) is 0 Å². The van der Waals surface area contributed by atoms with Gasteiger partial charge in [-0.15, -0.1) is 0 Å². The molecule has 1 rings (SSSR count). The molecule has 21 heavy (non-hydrogen) atoms. The largest absolute Gasteiger partial charge is 0.490 e. The second-order valence-corrected chi connectivity index (χ2v) is 6.06. The first kappa shape index (κ1) is 17.6. The van der Waals surface area contributed by atoms with Crippen LogP contribution in [0.5, 0.6) is 5.75 Å². The van der Waals surface area contributed by atoms with E-state index < -0.39 is 0 Å². The molecule has 0 saturated heterocycles. The van der Waals surface area contributed by atoms with Crippen molar-refractivity contribution in [3.05, 3.63) is 53.1 Å². The maximum absolute atomic E-state index is 5.78. The van der Waals surface area contributed by atoms with Crippen LogP contribution in [-0.2, 0) is 0 Å². The summed E-state index contributed by atoms with van der Waals surface area (Å²) in [6, 6.07) is 8.51. The molecule has 0 amide bonds. The van der Waals surface area contributed by atoms with Gasteiger partial charge in [0.25, 0.3) is 0 Å². The van der Waals surface area contributed by atoms with E-state index in [1.54, 1.807) is 0 Å². The van der Waals surface area contributed by atoms with Gasteiger partial charge < -0.3 is 4.74 Å². The molecule has 0 radical (unpaired) electrons. The molecule has 0 aromatic heterocycles. The van der Waals surface area contributed by atoms with Gasteiger partial charge in [-0.2, -0.15) is 0 Å². The van der Waals surface area contributed by atoms with E-state index >= 15 is 0 Å². The Balaban J connectivity index is 2.39. The van der Waals surface area contributed by atoms with Gasteiger partial charge in [0.1, 0.15) is 12.4 Å². The summed E-state index contributed by atoms with van der Waals surface area (Å²) in [5, 5.41) is 0. The summed E-state index contributed by atoms with van der Waals surface area (Å²) < 4.78 is 5.78. The van der Waals surface area contributed by atoms with Crippen molar-refractivity contribution in [2.45, 2.75) is 59.8 Å². The normalized spacial score (nSPS) is 12.9. The van der Waals surface area contributed by atoms with Crippen LogP contribution in [0.4, 0.5) is 0 Å². The van der Waals surface area contributed by atoms with Gasteiger partial charge in [-0.1, -0.05) is 43.2 Å². The Hall–Kier alpha value is -1.50. The van der Waals surface area contributed by atoms with Crippen molar-refractivity contribution < 1.29 is 4.74 Å². The molecule has 1 heteroatoms. The summed E-state index contributed by atoms with van der Waals surface area (Å²) in [6.45, 7) is 11.6. The van der Waals surface area contributed by atoms with E-state index in [1.807, 2.05) is 0 Å². The lowest BCUT2D eigenvalue weighted by molar-refractivity contribution is 0.361. The molecule has 0 fully saturated rings.